The standard InChI is InChI=1S/C17H26O2/c1-12(2)13-9-14(18-16(3,4)5)11-15(10-13)19-17(6,7)8/h9-11H,1H2,2-8H3. The van der Waals surface area contributed by atoms with E-state index in [1.165, 1.54) is 0 Å². The van der Waals surface area contributed by atoms with Gasteiger partial charge >= 0.3 is 0 Å². The molecule has 2 nitrogen and oxygen atoms in total. The van der Waals surface area contributed by atoms with Crippen molar-refractivity contribution in [1.29, 1.82) is 0 Å². The van der Waals surface area contributed by atoms with Crippen molar-refractivity contribution >= 4 is 5.57 Å². The summed E-state index contributed by atoms with van der Waals surface area (Å²) in [4.78, 5) is 0. The molecule has 0 fully saturated rings. The lowest BCUT2D eigenvalue weighted by atomic mass is 10.1. The van der Waals surface area contributed by atoms with Gasteiger partial charge in [-0.05, 0) is 66.2 Å². The van der Waals surface area contributed by atoms with Crippen molar-refractivity contribution in [2.75, 3.05) is 0 Å². The molecule has 0 amide bonds. The van der Waals surface area contributed by atoms with Gasteiger partial charge in [0, 0.05) is 6.07 Å². The molecule has 1 aromatic carbocycles. The minimum atomic E-state index is -0.229. The van der Waals surface area contributed by atoms with Crippen LogP contribution < -0.4 is 9.47 Å². The number of benzene rings is 1. The third kappa shape index (κ3) is 5.82. The van der Waals surface area contributed by atoms with E-state index in [0.717, 1.165) is 22.6 Å². The molecular formula is C17H26O2. The van der Waals surface area contributed by atoms with Crippen molar-refractivity contribution in [3.63, 3.8) is 0 Å². The fourth-order valence-electron chi connectivity index (χ4n) is 1.64. The first-order valence-corrected chi connectivity index (χ1v) is 6.65. The molecule has 0 N–H and O–H groups in total. The maximum atomic E-state index is 5.93. The van der Waals surface area contributed by atoms with Gasteiger partial charge in [-0.25, -0.2) is 0 Å². The first-order valence-electron chi connectivity index (χ1n) is 6.65. The number of hydrogen-bond acceptors (Lipinski definition) is 2. The minimum absolute atomic E-state index is 0.229. The van der Waals surface area contributed by atoms with Crippen LogP contribution in [0.15, 0.2) is 24.8 Å². The number of allylic oxidation sites excluding steroid dienone is 1. The quantitative estimate of drug-likeness (QED) is 0.756. The van der Waals surface area contributed by atoms with Gasteiger partial charge in [0.2, 0.25) is 0 Å². The van der Waals surface area contributed by atoms with Gasteiger partial charge in [-0.15, -0.1) is 0 Å². The Labute approximate surface area is 117 Å². The van der Waals surface area contributed by atoms with Gasteiger partial charge in [-0.3, -0.25) is 0 Å². The molecule has 0 saturated carbocycles. The zero-order chi connectivity index (χ0) is 14.8. The molecule has 0 unspecified atom stereocenters. The van der Waals surface area contributed by atoms with Crippen LogP contribution in [-0.2, 0) is 0 Å². The third-order valence-corrected chi connectivity index (χ3v) is 2.22. The molecular weight excluding hydrogens is 236 g/mol. The van der Waals surface area contributed by atoms with E-state index in [2.05, 4.69) is 6.58 Å². The SMILES string of the molecule is C=C(C)c1cc(OC(C)(C)C)cc(OC(C)(C)C)c1. The predicted molar refractivity (Wildman–Crippen MR) is 81.9 cm³/mol. The number of rotatable bonds is 3. The highest BCUT2D eigenvalue weighted by Crippen LogP contribution is 2.30. The molecule has 0 aliphatic carbocycles. The average molecular weight is 262 g/mol. The summed E-state index contributed by atoms with van der Waals surface area (Å²) in [6.45, 7) is 18.2. The first kappa shape index (κ1) is 15.6. The van der Waals surface area contributed by atoms with E-state index in [9.17, 15) is 0 Å². The van der Waals surface area contributed by atoms with Crippen molar-refractivity contribution in [1.82, 2.24) is 0 Å². The van der Waals surface area contributed by atoms with Crippen LogP contribution in [0.2, 0.25) is 0 Å². The van der Waals surface area contributed by atoms with Gasteiger partial charge in [0.05, 0.1) is 0 Å². The molecule has 1 rings (SSSR count). The summed E-state index contributed by atoms with van der Waals surface area (Å²) in [5, 5.41) is 0. The highest BCUT2D eigenvalue weighted by atomic mass is 16.5. The number of hydrogen-bond donors (Lipinski definition) is 0. The Morgan fingerprint density at radius 3 is 1.47 bits per heavy atom. The average Bonchev–Trinajstić information content (AvgIpc) is 2.10. The van der Waals surface area contributed by atoms with Gasteiger partial charge in [-0.1, -0.05) is 12.2 Å². The summed E-state index contributed by atoms with van der Waals surface area (Å²) in [5.41, 5.74) is 1.58. The molecule has 0 bridgehead atoms. The lowest BCUT2D eigenvalue weighted by molar-refractivity contribution is 0.121. The Hall–Kier alpha value is -1.44. The zero-order valence-electron chi connectivity index (χ0n) is 13.3. The highest BCUT2D eigenvalue weighted by Gasteiger charge is 2.16. The minimum Gasteiger partial charge on any atom is -0.488 e. The molecule has 1 aromatic rings. The summed E-state index contributed by atoms with van der Waals surface area (Å²) >= 11 is 0. The summed E-state index contributed by atoms with van der Waals surface area (Å²) in [7, 11) is 0. The fraction of sp³-hybridized carbons (Fsp3) is 0.529. The van der Waals surface area contributed by atoms with Crippen molar-refractivity contribution in [2.45, 2.75) is 59.7 Å². The topological polar surface area (TPSA) is 18.5 Å². The summed E-state index contributed by atoms with van der Waals surface area (Å²) in [5.74, 6) is 1.62. The van der Waals surface area contributed by atoms with E-state index in [0.29, 0.717) is 0 Å². The molecule has 19 heavy (non-hydrogen) atoms. The van der Waals surface area contributed by atoms with Crippen LogP contribution in [0.4, 0.5) is 0 Å². The van der Waals surface area contributed by atoms with E-state index in [-0.39, 0.29) is 11.2 Å². The van der Waals surface area contributed by atoms with E-state index in [1.54, 1.807) is 0 Å². The molecule has 0 radical (unpaired) electrons. The van der Waals surface area contributed by atoms with Crippen molar-refractivity contribution in [3.8, 4) is 11.5 Å². The molecule has 0 spiro atoms. The Kier molecular flexibility index (Phi) is 4.34. The monoisotopic (exact) mass is 262 g/mol. The van der Waals surface area contributed by atoms with Gasteiger partial charge < -0.3 is 9.47 Å². The summed E-state index contributed by atoms with van der Waals surface area (Å²) in [6, 6.07) is 5.94. The van der Waals surface area contributed by atoms with E-state index >= 15 is 0 Å². The summed E-state index contributed by atoms with van der Waals surface area (Å²) in [6.07, 6.45) is 0. The van der Waals surface area contributed by atoms with Gasteiger partial charge in [0.1, 0.15) is 22.7 Å². The molecule has 0 aromatic heterocycles. The smallest absolute Gasteiger partial charge is 0.124 e. The Morgan fingerprint density at radius 1 is 0.842 bits per heavy atom. The molecule has 0 aliphatic heterocycles. The van der Waals surface area contributed by atoms with Crippen LogP contribution in [0, 0.1) is 0 Å². The van der Waals surface area contributed by atoms with Crippen LogP contribution in [0.5, 0.6) is 11.5 Å². The van der Waals surface area contributed by atoms with Gasteiger partial charge in [-0.2, -0.15) is 0 Å². The second kappa shape index (κ2) is 5.28. The molecule has 2 heteroatoms. The maximum absolute atomic E-state index is 5.93. The van der Waals surface area contributed by atoms with E-state index < -0.39 is 0 Å². The van der Waals surface area contributed by atoms with E-state index in [4.69, 9.17) is 9.47 Å². The molecule has 0 aliphatic rings. The fourth-order valence-corrected chi connectivity index (χ4v) is 1.64. The molecule has 106 valence electrons. The number of ether oxygens (including phenoxy) is 2. The third-order valence-electron chi connectivity index (χ3n) is 2.22. The highest BCUT2D eigenvalue weighted by molar-refractivity contribution is 5.64. The first-order chi connectivity index (χ1) is 8.46. The van der Waals surface area contributed by atoms with Crippen molar-refractivity contribution in [2.24, 2.45) is 0 Å². The summed E-state index contributed by atoms with van der Waals surface area (Å²) < 4.78 is 11.9. The molecule has 0 atom stereocenters. The Bertz CT molecular complexity index is 425. The Morgan fingerprint density at radius 2 is 1.21 bits per heavy atom. The van der Waals surface area contributed by atoms with Crippen LogP contribution in [0.1, 0.15) is 54.0 Å². The normalized spacial score (nSPS) is 12.2. The molecule has 0 heterocycles. The predicted octanol–water partition coefficient (Wildman–Crippen LogP) is 5.07. The van der Waals surface area contributed by atoms with Crippen molar-refractivity contribution in [3.05, 3.63) is 30.3 Å². The Balaban J connectivity index is 3.14. The van der Waals surface area contributed by atoms with Crippen LogP contribution in [-0.4, -0.2) is 11.2 Å². The van der Waals surface area contributed by atoms with Gasteiger partial charge in [0.15, 0.2) is 0 Å². The maximum Gasteiger partial charge on any atom is 0.124 e. The van der Waals surface area contributed by atoms with Gasteiger partial charge in [0.25, 0.3) is 0 Å². The lowest BCUT2D eigenvalue weighted by Gasteiger charge is -2.25. The van der Waals surface area contributed by atoms with Crippen LogP contribution in [0.3, 0.4) is 0 Å². The zero-order valence-corrected chi connectivity index (χ0v) is 13.3. The lowest BCUT2D eigenvalue weighted by Crippen LogP contribution is -2.24. The van der Waals surface area contributed by atoms with Crippen LogP contribution in [0.25, 0.3) is 5.57 Å². The van der Waals surface area contributed by atoms with Crippen LogP contribution >= 0.6 is 0 Å². The largest absolute Gasteiger partial charge is 0.488 e. The second-order valence-corrected chi connectivity index (χ2v) is 6.90. The van der Waals surface area contributed by atoms with Crippen molar-refractivity contribution < 1.29 is 9.47 Å². The second-order valence-electron chi connectivity index (χ2n) is 6.90. The van der Waals surface area contributed by atoms with E-state index in [1.807, 2.05) is 66.7 Å². The molecule has 0 saturated heterocycles.